The van der Waals surface area contributed by atoms with Gasteiger partial charge in [0.2, 0.25) is 5.79 Å². The lowest BCUT2D eigenvalue weighted by Crippen LogP contribution is -2.38. The van der Waals surface area contributed by atoms with Gasteiger partial charge in [0.25, 0.3) is 0 Å². The lowest BCUT2D eigenvalue weighted by molar-refractivity contribution is -0.127. The fraction of sp³-hybridized carbons (Fsp3) is 0.222. The quantitative estimate of drug-likeness (QED) is 0.418. The topological polar surface area (TPSA) is 103 Å². The first kappa shape index (κ1) is 20.5. The molecular weight excluding hydrogens is 415 g/mol. The van der Waals surface area contributed by atoms with E-state index in [2.05, 4.69) is 4.18 Å². The molecule has 0 aromatic heterocycles. The van der Waals surface area contributed by atoms with Crippen LogP contribution in [0.2, 0.25) is 0 Å². The van der Waals surface area contributed by atoms with Crippen molar-refractivity contribution < 1.29 is 40.0 Å². The molecular formula is C18H12F3NO6S. The van der Waals surface area contributed by atoms with Crippen molar-refractivity contribution in [1.29, 1.82) is 5.26 Å². The van der Waals surface area contributed by atoms with Gasteiger partial charge < -0.3 is 13.7 Å². The highest BCUT2D eigenvalue weighted by atomic mass is 32.2. The SMILES string of the molecule is CC1(C)OC(=O)c2ccc(-c3ccc(OS(=O)(=O)C(F)(F)F)c(C#N)c3)cc2O1. The number of nitriles is 1. The maximum Gasteiger partial charge on any atom is 0.534 e. The van der Waals surface area contributed by atoms with Crippen molar-refractivity contribution in [3.8, 4) is 28.7 Å². The molecule has 0 fully saturated rings. The van der Waals surface area contributed by atoms with Crippen molar-refractivity contribution in [1.82, 2.24) is 0 Å². The summed E-state index contributed by atoms with van der Waals surface area (Å²) in [6, 6.07) is 9.43. The first-order valence-electron chi connectivity index (χ1n) is 7.95. The molecule has 11 heteroatoms. The Balaban J connectivity index is 2.00. The van der Waals surface area contributed by atoms with Gasteiger partial charge >= 0.3 is 21.6 Å². The molecule has 1 heterocycles. The molecule has 0 unspecified atom stereocenters. The molecule has 2 aromatic rings. The summed E-state index contributed by atoms with van der Waals surface area (Å²) >= 11 is 0. The van der Waals surface area contributed by atoms with Crippen LogP contribution in [0.4, 0.5) is 13.2 Å². The second-order valence-corrected chi connectivity index (χ2v) is 7.95. The summed E-state index contributed by atoms with van der Waals surface area (Å²) in [6.45, 7) is 3.09. The van der Waals surface area contributed by atoms with E-state index in [1.165, 1.54) is 24.3 Å². The Bertz CT molecular complexity index is 1150. The average molecular weight is 427 g/mol. The van der Waals surface area contributed by atoms with Crippen molar-refractivity contribution in [3.05, 3.63) is 47.5 Å². The van der Waals surface area contributed by atoms with Gasteiger partial charge in [0.1, 0.15) is 17.4 Å². The van der Waals surface area contributed by atoms with Crippen LogP contribution in [0.5, 0.6) is 11.5 Å². The summed E-state index contributed by atoms with van der Waals surface area (Å²) in [6.07, 6.45) is 0. The van der Waals surface area contributed by atoms with E-state index < -0.39 is 38.7 Å². The third-order valence-electron chi connectivity index (χ3n) is 3.81. The smallest absolute Gasteiger partial charge is 0.452 e. The molecule has 2 aromatic carbocycles. The highest BCUT2D eigenvalue weighted by Gasteiger charge is 2.48. The molecule has 1 aliphatic rings. The third-order valence-corrected chi connectivity index (χ3v) is 4.78. The summed E-state index contributed by atoms with van der Waals surface area (Å²) in [5.41, 5.74) is -5.04. The number of alkyl halides is 3. The average Bonchev–Trinajstić information content (AvgIpc) is 2.59. The van der Waals surface area contributed by atoms with E-state index in [-0.39, 0.29) is 11.3 Å². The lowest BCUT2D eigenvalue weighted by Gasteiger charge is -2.31. The Kier molecular flexibility index (Phi) is 4.71. The van der Waals surface area contributed by atoms with E-state index in [0.29, 0.717) is 11.1 Å². The van der Waals surface area contributed by atoms with Crippen molar-refractivity contribution in [2.45, 2.75) is 25.1 Å². The van der Waals surface area contributed by atoms with Crippen LogP contribution in [0.15, 0.2) is 36.4 Å². The Hall–Kier alpha value is -3.26. The van der Waals surface area contributed by atoms with Gasteiger partial charge in [-0.2, -0.15) is 26.9 Å². The van der Waals surface area contributed by atoms with Crippen LogP contribution >= 0.6 is 0 Å². The van der Waals surface area contributed by atoms with Crippen LogP contribution < -0.4 is 8.92 Å². The van der Waals surface area contributed by atoms with Gasteiger partial charge in [-0.15, -0.1) is 0 Å². The van der Waals surface area contributed by atoms with Gasteiger partial charge in [-0.3, -0.25) is 0 Å². The van der Waals surface area contributed by atoms with E-state index in [1.54, 1.807) is 19.9 Å². The zero-order chi connectivity index (χ0) is 21.6. The predicted molar refractivity (Wildman–Crippen MR) is 92.3 cm³/mol. The molecule has 0 amide bonds. The standard InChI is InChI=1S/C18H12F3NO6S/c1-17(2)26-15-8-11(3-5-13(15)16(23)27-17)10-4-6-14(12(7-10)9-22)28-29(24,25)18(19,20)21/h3-8H,1-2H3. The van der Waals surface area contributed by atoms with Gasteiger partial charge in [-0.05, 0) is 35.4 Å². The molecule has 1 aliphatic heterocycles. The fourth-order valence-corrected chi connectivity index (χ4v) is 3.03. The van der Waals surface area contributed by atoms with Crippen LogP contribution in [0.1, 0.15) is 29.8 Å². The van der Waals surface area contributed by atoms with Gasteiger partial charge in [0.15, 0.2) is 5.75 Å². The molecule has 0 radical (unpaired) electrons. The minimum Gasteiger partial charge on any atom is -0.452 e. The second-order valence-electron chi connectivity index (χ2n) is 6.41. The second kappa shape index (κ2) is 6.66. The van der Waals surface area contributed by atoms with Crippen molar-refractivity contribution in [2.75, 3.05) is 0 Å². The largest absolute Gasteiger partial charge is 0.534 e. The minimum atomic E-state index is -5.91. The number of nitrogens with zero attached hydrogens (tertiary/aromatic N) is 1. The van der Waals surface area contributed by atoms with Crippen molar-refractivity contribution in [2.24, 2.45) is 0 Å². The highest BCUT2D eigenvalue weighted by molar-refractivity contribution is 7.88. The number of rotatable bonds is 3. The molecule has 0 saturated heterocycles. The summed E-state index contributed by atoms with van der Waals surface area (Å²) in [5, 5.41) is 9.19. The molecule has 0 aliphatic carbocycles. The molecule has 0 atom stereocenters. The third kappa shape index (κ3) is 3.97. The maximum atomic E-state index is 12.5. The molecule has 0 saturated carbocycles. The molecule has 3 rings (SSSR count). The summed E-state index contributed by atoms with van der Waals surface area (Å²) < 4.78 is 74.6. The first-order valence-corrected chi connectivity index (χ1v) is 9.35. The Morgan fingerprint density at radius 2 is 1.69 bits per heavy atom. The van der Waals surface area contributed by atoms with Crippen LogP contribution in [0, 0.1) is 11.3 Å². The number of esters is 1. The summed E-state index contributed by atoms with van der Waals surface area (Å²) in [5.74, 6) is -2.30. The minimum absolute atomic E-state index is 0.185. The molecule has 0 bridgehead atoms. The number of fused-ring (bicyclic) bond motifs is 1. The van der Waals surface area contributed by atoms with Crippen LogP contribution in [-0.2, 0) is 14.9 Å². The lowest BCUT2D eigenvalue weighted by atomic mass is 10.0. The normalized spacial score (nSPS) is 15.5. The van der Waals surface area contributed by atoms with Crippen molar-refractivity contribution in [3.63, 3.8) is 0 Å². The number of ether oxygens (including phenoxy) is 2. The fourth-order valence-electron chi connectivity index (χ4n) is 2.55. The van der Waals surface area contributed by atoms with Crippen molar-refractivity contribution >= 4 is 16.1 Å². The van der Waals surface area contributed by atoms with E-state index in [9.17, 15) is 31.6 Å². The number of halogens is 3. The van der Waals surface area contributed by atoms with Gasteiger partial charge in [0, 0.05) is 13.8 Å². The van der Waals surface area contributed by atoms with E-state index >= 15 is 0 Å². The van der Waals surface area contributed by atoms with Gasteiger partial charge in [-0.25, -0.2) is 4.79 Å². The Labute approximate surface area is 163 Å². The zero-order valence-corrected chi connectivity index (χ0v) is 15.7. The highest BCUT2D eigenvalue weighted by Crippen LogP contribution is 2.36. The number of hydrogen-bond donors (Lipinski definition) is 0. The Morgan fingerprint density at radius 1 is 1.07 bits per heavy atom. The monoisotopic (exact) mass is 427 g/mol. The van der Waals surface area contributed by atoms with E-state index in [0.717, 1.165) is 12.1 Å². The molecule has 0 N–H and O–H groups in total. The van der Waals surface area contributed by atoms with Crippen LogP contribution in [0.25, 0.3) is 11.1 Å². The summed E-state index contributed by atoms with van der Waals surface area (Å²) in [7, 11) is -5.91. The Morgan fingerprint density at radius 3 is 2.31 bits per heavy atom. The van der Waals surface area contributed by atoms with Crippen LogP contribution in [0.3, 0.4) is 0 Å². The molecule has 0 spiro atoms. The zero-order valence-electron chi connectivity index (χ0n) is 14.9. The number of carbonyl (C=O) groups is 1. The molecule has 29 heavy (non-hydrogen) atoms. The molecule has 152 valence electrons. The predicted octanol–water partition coefficient (Wildman–Crippen LogP) is 3.74. The van der Waals surface area contributed by atoms with Gasteiger partial charge in [0.05, 0.1) is 5.56 Å². The number of carbonyl (C=O) groups excluding carboxylic acids is 1. The number of cyclic esters (lactones) is 1. The number of benzene rings is 2. The van der Waals surface area contributed by atoms with E-state index in [4.69, 9.17) is 9.47 Å². The molecule has 7 nitrogen and oxygen atoms in total. The number of hydrogen-bond acceptors (Lipinski definition) is 7. The first-order chi connectivity index (χ1) is 13.3. The van der Waals surface area contributed by atoms with Crippen LogP contribution in [-0.4, -0.2) is 25.7 Å². The summed E-state index contributed by atoms with van der Waals surface area (Å²) in [4.78, 5) is 12.0. The van der Waals surface area contributed by atoms with Gasteiger partial charge in [-0.1, -0.05) is 12.1 Å². The van der Waals surface area contributed by atoms with E-state index in [1.807, 2.05) is 0 Å². The maximum absolute atomic E-state index is 12.5.